The normalized spacial score (nSPS) is 13.0. The van der Waals surface area contributed by atoms with E-state index in [9.17, 15) is 9.59 Å². The summed E-state index contributed by atoms with van der Waals surface area (Å²) in [7, 11) is 0. The summed E-state index contributed by atoms with van der Waals surface area (Å²) in [5.74, 6) is -0.881. The van der Waals surface area contributed by atoms with Crippen molar-refractivity contribution >= 4 is 29.2 Å². The van der Waals surface area contributed by atoms with Gasteiger partial charge in [-0.25, -0.2) is 4.79 Å². The summed E-state index contributed by atoms with van der Waals surface area (Å²) in [4.78, 5) is 24.0. The maximum atomic E-state index is 12.1. The van der Waals surface area contributed by atoms with Gasteiger partial charge >= 0.3 is 5.97 Å². The van der Waals surface area contributed by atoms with Gasteiger partial charge in [0.15, 0.2) is 6.61 Å². The monoisotopic (exact) mass is 343 g/mol. The second-order valence-corrected chi connectivity index (χ2v) is 6.26. The highest BCUT2D eigenvalue weighted by atomic mass is 35.5. The van der Waals surface area contributed by atoms with Crippen LogP contribution in [0.3, 0.4) is 0 Å². The van der Waals surface area contributed by atoms with Gasteiger partial charge in [-0.1, -0.05) is 23.7 Å². The number of rotatable bonds is 4. The lowest BCUT2D eigenvalue weighted by molar-refractivity contribution is -0.119. The maximum Gasteiger partial charge on any atom is 0.338 e. The first-order chi connectivity index (χ1) is 11.6. The van der Waals surface area contributed by atoms with Gasteiger partial charge in [-0.05, 0) is 67.1 Å². The van der Waals surface area contributed by atoms with Gasteiger partial charge in [0.1, 0.15) is 0 Å². The van der Waals surface area contributed by atoms with Gasteiger partial charge in [-0.15, -0.1) is 0 Å². The van der Waals surface area contributed by atoms with E-state index in [1.807, 2.05) is 12.1 Å². The first-order valence-corrected chi connectivity index (χ1v) is 8.34. The zero-order valence-electron chi connectivity index (χ0n) is 13.2. The molecular formula is C19H18ClNO3. The van der Waals surface area contributed by atoms with Gasteiger partial charge in [0, 0.05) is 10.7 Å². The molecule has 2 aromatic rings. The fourth-order valence-corrected chi connectivity index (χ4v) is 3.03. The summed E-state index contributed by atoms with van der Waals surface area (Å²) in [5.41, 5.74) is 3.57. The molecule has 0 bridgehead atoms. The van der Waals surface area contributed by atoms with Crippen molar-refractivity contribution in [1.29, 1.82) is 0 Å². The Morgan fingerprint density at radius 3 is 2.62 bits per heavy atom. The lowest BCUT2D eigenvalue weighted by atomic mass is 9.90. The van der Waals surface area contributed by atoms with Gasteiger partial charge in [-0.2, -0.15) is 0 Å². The Morgan fingerprint density at radius 2 is 1.83 bits per heavy atom. The molecule has 0 aromatic heterocycles. The Balaban J connectivity index is 1.56. The van der Waals surface area contributed by atoms with Crippen LogP contribution < -0.4 is 5.32 Å². The van der Waals surface area contributed by atoms with E-state index >= 15 is 0 Å². The lowest BCUT2D eigenvalue weighted by Gasteiger charge is -2.16. The van der Waals surface area contributed by atoms with E-state index in [0.29, 0.717) is 16.3 Å². The molecule has 0 saturated heterocycles. The number of hydrogen-bond acceptors (Lipinski definition) is 3. The molecule has 5 heteroatoms. The summed E-state index contributed by atoms with van der Waals surface area (Å²) in [6, 6.07) is 12.4. The van der Waals surface area contributed by atoms with E-state index in [1.165, 1.54) is 17.5 Å². The van der Waals surface area contributed by atoms with E-state index in [2.05, 4.69) is 5.32 Å². The van der Waals surface area contributed by atoms with Crippen molar-refractivity contribution in [3.05, 3.63) is 64.2 Å². The second kappa shape index (κ2) is 7.49. The molecule has 0 radical (unpaired) electrons. The van der Waals surface area contributed by atoms with Crippen LogP contribution in [0, 0.1) is 0 Å². The molecule has 0 fully saturated rings. The molecule has 24 heavy (non-hydrogen) atoms. The molecule has 0 saturated carbocycles. The number of esters is 1. The van der Waals surface area contributed by atoms with E-state index in [4.69, 9.17) is 16.3 Å². The average molecular weight is 344 g/mol. The number of amides is 1. The molecule has 4 nitrogen and oxygen atoms in total. The van der Waals surface area contributed by atoms with Crippen LogP contribution in [0.1, 0.15) is 34.3 Å². The number of aryl methyl sites for hydroxylation is 2. The van der Waals surface area contributed by atoms with E-state index in [1.54, 1.807) is 30.3 Å². The molecule has 2 aromatic carbocycles. The van der Waals surface area contributed by atoms with Gasteiger partial charge in [-0.3, -0.25) is 4.79 Å². The van der Waals surface area contributed by atoms with Crippen molar-refractivity contribution in [2.24, 2.45) is 0 Å². The van der Waals surface area contributed by atoms with Crippen LogP contribution in [0.25, 0.3) is 0 Å². The predicted molar refractivity (Wildman–Crippen MR) is 93.4 cm³/mol. The fourth-order valence-electron chi connectivity index (χ4n) is 2.84. The van der Waals surface area contributed by atoms with Crippen LogP contribution in [0.4, 0.5) is 5.69 Å². The number of benzene rings is 2. The number of anilines is 1. The Hall–Kier alpha value is -2.33. The molecule has 1 aliphatic rings. The maximum absolute atomic E-state index is 12.1. The third kappa shape index (κ3) is 4.15. The number of ether oxygens (including phenoxy) is 1. The molecule has 0 unspecified atom stereocenters. The van der Waals surface area contributed by atoms with Crippen molar-refractivity contribution in [2.45, 2.75) is 25.7 Å². The predicted octanol–water partition coefficient (Wildman–Crippen LogP) is 4.01. The summed E-state index contributed by atoms with van der Waals surface area (Å²) in [6.07, 6.45) is 4.40. The van der Waals surface area contributed by atoms with Crippen LogP contribution in [0.5, 0.6) is 0 Å². The second-order valence-electron chi connectivity index (χ2n) is 5.83. The standard InChI is InChI=1S/C19H18ClNO3/c20-16-6-3-7-17(11-16)21-18(22)12-24-19(23)15-9-8-13-4-1-2-5-14(13)10-15/h3,6-11H,1-2,4-5,12H2,(H,21,22). The highest BCUT2D eigenvalue weighted by molar-refractivity contribution is 6.30. The molecular weight excluding hydrogens is 326 g/mol. The first kappa shape index (κ1) is 16.5. The highest BCUT2D eigenvalue weighted by Gasteiger charge is 2.15. The molecule has 1 amide bonds. The third-order valence-electron chi connectivity index (χ3n) is 4.03. The van der Waals surface area contributed by atoms with Crippen molar-refractivity contribution in [2.75, 3.05) is 11.9 Å². The SMILES string of the molecule is O=C(COC(=O)c1ccc2c(c1)CCCC2)Nc1cccc(Cl)c1. The van der Waals surface area contributed by atoms with Crippen molar-refractivity contribution in [1.82, 2.24) is 0 Å². The van der Waals surface area contributed by atoms with Crippen LogP contribution in [0.2, 0.25) is 5.02 Å². The number of fused-ring (bicyclic) bond motifs is 1. The Morgan fingerprint density at radius 1 is 1.04 bits per heavy atom. The minimum absolute atomic E-state index is 0.331. The summed E-state index contributed by atoms with van der Waals surface area (Å²) < 4.78 is 5.10. The fraction of sp³-hybridized carbons (Fsp3) is 0.263. The van der Waals surface area contributed by atoms with E-state index < -0.39 is 11.9 Å². The number of nitrogens with one attached hydrogen (secondary N) is 1. The third-order valence-corrected chi connectivity index (χ3v) is 4.26. The molecule has 0 spiro atoms. The highest BCUT2D eigenvalue weighted by Crippen LogP contribution is 2.22. The smallest absolute Gasteiger partial charge is 0.338 e. The molecule has 3 rings (SSSR count). The van der Waals surface area contributed by atoms with Gasteiger partial charge in [0.25, 0.3) is 5.91 Å². The van der Waals surface area contributed by atoms with Crippen molar-refractivity contribution in [3.63, 3.8) is 0 Å². The van der Waals surface area contributed by atoms with Gasteiger partial charge < -0.3 is 10.1 Å². The Kier molecular flexibility index (Phi) is 5.16. The number of hydrogen-bond donors (Lipinski definition) is 1. The molecule has 0 aliphatic heterocycles. The van der Waals surface area contributed by atoms with Crippen LogP contribution in [-0.4, -0.2) is 18.5 Å². The largest absolute Gasteiger partial charge is 0.452 e. The summed E-state index contributed by atoms with van der Waals surface area (Å²) in [6.45, 7) is -0.331. The Labute approximate surface area is 145 Å². The molecule has 1 aliphatic carbocycles. The minimum Gasteiger partial charge on any atom is -0.452 e. The molecule has 0 atom stereocenters. The summed E-state index contributed by atoms with van der Waals surface area (Å²) in [5, 5.41) is 3.17. The van der Waals surface area contributed by atoms with Crippen LogP contribution >= 0.6 is 11.6 Å². The zero-order valence-corrected chi connectivity index (χ0v) is 13.9. The quantitative estimate of drug-likeness (QED) is 0.853. The first-order valence-electron chi connectivity index (χ1n) is 7.96. The van der Waals surface area contributed by atoms with Gasteiger partial charge in [0.2, 0.25) is 0 Å². The zero-order chi connectivity index (χ0) is 16.9. The number of halogens is 1. The topological polar surface area (TPSA) is 55.4 Å². The van der Waals surface area contributed by atoms with E-state index in [0.717, 1.165) is 19.3 Å². The lowest BCUT2D eigenvalue weighted by Crippen LogP contribution is -2.21. The average Bonchev–Trinajstić information content (AvgIpc) is 2.59. The molecule has 0 heterocycles. The van der Waals surface area contributed by atoms with Crippen molar-refractivity contribution < 1.29 is 14.3 Å². The van der Waals surface area contributed by atoms with Crippen LogP contribution in [0.15, 0.2) is 42.5 Å². The summed E-state index contributed by atoms with van der Waals surface area (Å²) >= 11 is 5.86. The number of carbonyl (C=O) groups is 2. The molecule has 124 valence electrons. The molecule has 1 N–H and O–H groups in total. The van der Waals surface area contributed by atoms with Gasteiger partial charge in [0.05, 0.1) is 5.56 Å². The minimum atomic E-state index is -0.482. The Bertz CT molecular complexity index is 773. The van der Waals surface area contributed by atoms with E-state index in [-0.39, 0.29) is 6.61 Å². The number of carbonyl (C=O) groups excluding carboxylic acids is 2. The van der Waals surface area contributed by atoms with Crippen molar-refractivity contribution in [3.8, 4) is 0 Å². The van der Waals surface area contributed by atoms with Crippen LogP contribution in [-0.2, 0) is 22.4 Å².